The number of hydrogen-bond donors (Lipinski definition) is 0. The second-order valence-electron chi connectivity index (χ2n) is 3.39. The zero-order valence-corrected chi connectivity index (χ0v) is 8.72. The second-order valence-corrected chi connectivity index (χ2v) is 3.39. The smallest absolute Gasteiger partial charge is 0.0337 e. The van der Waals surface area contributed by atoms with Gasteiger partial charge < -0.3 is 0 Å². The standard InChI is InChI=1S/C14H16/c1-4-8-12(3)14-11-7-6-10-13(14)9-5-2/h1,6-7,10-11H,3,5,8-9H2,2H3. The van der Waals surface area contributed by atoms with Crippen LogP contribution >= 0.6 is 0 Å². The van der Waals surface area contributed by atoms with Gasteiger partial charge in [0.25, 0.3) is 0 Å². The van der Waals surface area contributed by atoms with Crippen LogP contribution in [0.3, 0.4) is 0 Å². The van der Waals surface area contributed by atoms with Crippen LogP contribution in [-0.2, 0) is 6.42 Å². The van der Waals surface area contributed by atoms with Crippen molar-refractivity contribution in [1.29, 1.82) is 0 Å². The van der Waals surface area contributed by atoms with Crippen LogP contribution in [0.15, 0.2) is 30.8 Å². The van der Waals surface area contributed by atoms with Crippen molar-refractivity contribution in [2.75, 3.05) is 0 Å². The van der Waals surface area contributed by atoms with Crippen LogP contribution in [0.25, 0.3) is 5.57 Å². The summed E-state index contributed by atoms with van der Waals surface area (Å²) in [6, 6.07) is 8.36. The Bertz CT molecular complexity index is 353. The Morgan fingerprint density at radius 1 is 1.43 bits per heavy atom. The summed E-state index contributed by atoms with van der Waals surface area (Å²) in [4.78, 5) is 0. The van der Waals surface area contributed by atoms with Crippen LogP contribution in [0.5, 0.6) is 0 Å². The van der Waals surface area contributed by atoms with Crippen molar-refractivity contribution in [2.24, 2.45) is 0 Å². The molecule has 0 amide bonds. The lowest BCUT2D eigenvalue weighted by atomic mass is 9.96. The maximum Gasteiger partial charge on any atom is 0.0337 e. The van der Waals surface area contributed by atoms with E-state index in [0.717, 1.165) is 18.4 Å². The zero-order valence-electron chi connectivity index (χ0n) is 8.72. The molecule has 0 heterocycles. The summed E-state index contributed by atoms with van der Waals surface area (Å²) in [7, 11) is 0. The molecule has 0 saturated carbocycles. The number of benzene rings is 1. The Kier molecular flexibility index (Phi) is 4.01. The van der Waals surface area contributed by atoms with Crippen LogP contribution in [0.4, 0.5) is 0 Å². The third-order valence-electron chi connectivity index (χ3n) is 2.23. The van der Waals surface area contributed by atoms with E-state index in [9.17, 15) is 0 Å². The molecule has 1 rings (SSSR count). The third-order valence-corrected chi connectivity index (χ3v) is 2.23. The van der Waals surface area contributed by atoms with Gasteiger partial charge in [0.1, 0.15) is 0 Å². The van der Waals surface area contributed by atoms with Gasteiger partial charge in [-0.1, -0.05) is 44.2 Å². The number of rotatable bonds is 4. The molecule has 0 fully saturated rings. The highest BCUT2D eigenvalue weighted by Crippen LogP contribution is 2.21. The van der Waals surface area contributed by atoms with Crippen molar-refractivity contribution in [3.63, 3.8) is 0 Å². The van der Waals surface area contributed by atoms with E-state index < -0.39 is 0 Å². The number of terminal acetylenes is 1. The first-order valence-corrected chi connectivity index (χ1v) is 4.99. The van der Waals surface area contributed by atoms with Crippen LogP contribution in [-0.4, -0.2) is 0 Å². The molecule has 0 aliphatic carbocycles. The highest BCUT2D eigenvalue weighted by Gasteiger charge is 2.02. The van der Waals surface area contributed by atoms with Crippen molar-refractivity contribution in [3.05, 3.63) is 42.0 Å². The lowest BCUT2D eigenvalue weighted by molar-refractivity contribution is 0.918. The van der Waals surface area contributed by atoms with Gasteiger partial charge in [0.15, 0.2) is 0 Å². The van der Waals surface area contributed by atoms with E-state index in [2.05, 4.69) is 37.6 Å². The van der Waals surface area contributed by atoms with Crippen molar-refractivity contribution >= 4 is 5.57 Å². The van der Waals surface area contributed by atoms with Crippen molar-refractivity contribution in [1.82, 2.24) is 0 Å². The largest absolute Gasteiger partial charge is 0.120 e. The highest BCUT2D eigenvalue weighted by molar-refractivity contribution is 5.68. The molecular weight excluding hydrogens is 168 g/mol. The number of allylic oxidation sites excluding steroid dienone is 1. The van der Waals surface area contributed by atoms with E-state index in [4.69, 9.17) is 6.42 Å². The van der Waals surface area contributed by atoms with Gasteiger partial charge in [0.05, 0.1) is 0 Å². The fourth-order valence-corrected chi connectivity index (χ4v) is 1.57. The van der Waals surface area contributed by atoms with Crippen LogP contribution in [0, 0.1) is 12.3 Å². The highest BCUT2D eigenvalue weighted by atomic mass is 14.1. The van der Waals surface area contributed by atoms with E-state index in [-0.39, 0.29) is 0 Å². The number of hydrogen-bond acceptors (Lipinski definition) is 0. The fourth-order valence-electron chi connectivity index (χ4n) is 1.57. The van der Waals surface area contributed by atoms with E-state index in [1.807, 2.05) is 6.07 Å². The predicted octanol–water partition coefficient (Wildman–Crippen LogP) is 3.68. The Morgan fingerprint density at radius 2 is 2.14 bits per heavy atom. The number of aryl methyl sites for hydroxylation is 1. The summed E-state index contributed by atoms with van der Waals surface area (Å²) in [6.07, 6.45) is 8.17. The molecular formula is C14H16. The van der Waals surface area contributed by atoms with Gasteiger partial charge >= 0.3 is 0 Å². The summed E-state index contributed by atoms with van der Waals surface area (Å²) >= 11 is 0. The van der Waals surface area contributed by atoms with Crippen molar-refractivity contribution in [3.8, 4) is 12.3 Å². The molecule has 72 valence electrons. The molecule has 0 heteroatoms. The van der Waals surface area contributed by atoms with E-state index in [0.29, 0.717) is 6.42 Å². The first kappa shape index (κ1) is 10.6. The quantitative estimate of drug-likeness (QED) is 0.626. The Labute approximate surface area is 86.7 Å². The van der Waals surface area contributed by atoms with E-state index in [1.54, 1.807) is 0 Å². The molecule has 14 heavy (non-hydrogen) atoms. The minimum atomic E-state index is 0.640. The fraction of sp³-hybridized carbons (Fsp3) is 0.286. The van der Waals surface area contributed by atoms with Gasteiger partial charge in [-0.25, -0.2) is 0 Å². The zero-order chi connectivity index (χ0) is 10.4. The minimum Gasteiger partial charge on any atom is -0.120 e. The molecule has 0 aliphatic rings. The van der Waals surface area contributed by atoms with Gasteiger partial charge in [-0.15, -0.1) is 12.3 Å². The Morgan fingerprint density at radius 3 is 2.79 bits per heavy atom. The van der Waals surface area contributed by atoms with Gasteiger partial charge in [-0.05, 0) is 23.1 Å². The van der Waals surface area contributed by atoms with Crippen LogP contribution in [0.1, 0.15) is 30.9 Å². The molecule has 0 radical (unpaired) electrons. The normalized spacial score (nSPS) is 9.43. The van der Waals surface area contributed by atoms with Crippen molar-refractivity contribution < 1.29 is 0 Å². The lowest BCUT2D eigenvalue weighted by Crippen LogP contribution is -1.91. The molecule has 0 unspecified atom stereocenters. The maximum atomic E-state index is 5.28. The first-order valence-electron chi connectivity index (χ1n) is 4.99. The van der Waals surface area contributed by atoms with Gasteiger partial charge in [-0.3, -0.25) is 0 Å². The van der Waals surface area contributed by atoms with E-state index in [1.165, 1.54) is 11.1 Å². The van der Waals surface area contributed by atoms with Crippen LogP contribution in [0.2, 0.25) is 0 Å². The Balaban J connectivity index is 2.95. The van der Waals surface area contributed by atoms with E-state index >= 15 is 0 Å². The average molecular weight is 184 g/mol. The summed E-state index contributed by atoms with van der Waals surface area (Å²) in [5, 5.41) is 0. The lowest BCUT2D eigenvalue weighted by Gasteiger charge is -2.08. The summed E-state index contributed by atoms with van der Waals surface area (Å²) < 4.78 is 0. The first-order chi connectivity index (χ1) is 6.79. The molecule has 0 N–H and O–H groups in total. The maximum absolute atomic E-state index is 5.28. The van der Waals surface area contributed by atoms with Crippen molar-refractivity contribution in [2.45, 2.75) is 26.2 Å². The van der Waals surface area contributed by atoms with Gasteiger partial charge in [0.2, 0.25) is 0 Å². The molecule has 1 aromatic carbocycles. The SMILES string of the molecule is C#CCC(=C)c1ccccc1CCC. The molecule has 0 spiro atoms. The summed E-state index contributed by atoms with van der Waals surface area (Å²) in [5.74, 6) is 2.64. The monoisotopic (exact) mass is 184 g/mol. The Hall–Kier alpha value is -1.48. The molecule has 0 saturated heterocycles. The molecule has 0 aromatic heterocycles. The molecule has 0 aliphatic heterocycles. The second kappa shape index (κ2) is 5.29. The molecule has 0 nitrogen and oxygen atoms in total. The topological polar surface area (TPSA) is 0 Å². The minimum absolute atomic E-state index is 0.640. The van der Waals surface area contributed by atoms with Gasteiger partial charge in [0, 0.05) is 6.42 Å². The summed E-state index contributed by atoms with van der Waals surface area (Å²) in [6.45, 7) is 6.20. The molecule has 0 atom stereocenters. The predicted molar refractivity (Wildman–Crippen MR) is 62.9 cm³/mol. The summed E-state index contributed by atoms with van der Waals surface area (Å²) in [5.41, 5.74) is 3.64. The van der Waals surface area contributed by atoms with Crippen LogP contribution < -0.4 is 0 Å². The third kappa shape index (κ3) is 2.50. The average Bonchev–Trinajstić information content (AvgIpc) is 2.19. The molecule has 1 aromatic rings. The van der Waals surface area contributed by atoms with Gasteiger partial charge in [-0.2, -0.15) is 0 Å². The molecule has 0 bridgehead atoms.